The lowest BCUT2D eigenvalue weighted by Gasteiger charge is -2.20. The SMILES string of the molecule is COc1cc(N)cc(CN2CCC(N(C)C)C2)c1. The van der Waals surface area contributed by atoms with Gasteiger partial charge in [0.2, 0.25) is 0 Å². The van der Waals surface area contributed by atoms with Gasteiger partial charge >= 0.3 is 0 Å². The zero-order valence-corrected chi connectivity index (χ0v) is 11.5. The molecule has 0 aromatic heterocycles. The van der Waals surface area contributed by atoms with Crippen molar-refractivity contribution in [3.63, 3.8) is 0 Å². The summed E-state index contributed by atoms with van der Waals surface area (Å²) >= 11 is 0. The predicted molar refractivity (Wildman–Crippen MR) is 74.8 cm³/mol. The number of nitrogen functional groups attached to an aromatic ring is 1. The summed E-state index contributed by atoms with van der Waals surface area (Å²) in [6, 6.07) is 6.63. The molecule has 0 bridgehead atoms. The second-order valence-corrected chi connectivity index (χ2v) is 5.26. The lowest BCUT2D eigenvalue weighted by Crippen LogP contribution is -2.31. The lowest BCUT2D eigenvalue weighted by atomic mass is 10.2. The fourth-order valence-corrected chi connectivity index (χ4v) is 2.53. The third-order valence-corrected chi connectivity index (χ3v) is 3.61. The summed E-state index contributed by atoms with van der Waals surface area (Å²) in [6.45, 7) is 3.23. The van der Waals surface area contributed by atoms with Gasteiger partial charge in [-0.15, -0.1) is 0 Å². The van der Waals surface area contributed by atoms with Gasteiger partial charge in [0.25, 0.3) is 0 Å². The van der Waals surface area contributed by atoms with E-state index in [2.05, 4.69) is 30.0 Å². The maximum absolute atomic E-state index is 5.88. The van der Waals surface area contributed by atoms with Crippen LogP contribution in [0.15, 0.2) is 18.2 Å². The number of hydrogen-bond acceptors (Lipinski definition) is 4. The van der Waals surface area contributed by atoms with Crippen LogP contribution in [0.1, 0.15) is 12.0 Å². The average molecular weight is 249 g/mol. The Balaban J connectivity index is 2.00. The summed E-state index contributed by atoms with van der Waals surface area (Å²) in [5, 5.41) is 0. The summed E-state index contributed by atoms with van der Waals surface area (Å²) in [4.78, 5) is 4.78. The van der Waals surface area contributed by atoms with Gasteiger partial charge in [-0.2, -0.15) is 0 Å². The van der Waals surface area contributed by atoms with Crippen molar-refractivity contribution in [1.82, 2.24) is 9.80 Å². The molecule has 2 N–H and O–H groups in total. The summed E-state index contributed by atoms with van der Waals surface area (Å²) in [6.07, 6.45) is 1.24. The number of rotatable bonds is 4. The van der Waals surface area contributed by atoms with Crippen LogP contribution >= 0.6 is 0 Å². The highest BCUT2D eigenvalue weighted by Crippen LogP contribution is 2.22. The number of hydrogen-bond donors (Lipinski definition) is 1. The molecule has 0 amide bonds. The van der Waals surface area contributed by atoms with Crippen LogP contribution in [-0.4, -0.2) is 50.1 Å². The maximum Gasteiger partial charge on any atom is 0.121 e. The topological polar surface area (TPSA) is 41.7 Å². The summed E-state index contributed by atoms with van der Waals surface area (Å²) < 4.78 is 5.25. The van der Waals surface area contributed by atoms with Crippen molar-refractivity contribution >= 4 is 5.69 Å². The normalized spacial score (nSPS) is 20.6. The van der Waals surface area contributed by atoms with Crippen LogP contribution in [0.3, 0.4) is 0 Å². The molecular weight excluding hydrogens is 226 g/mol. The van der Waals surface area contributed by atoms with E-state index in [1.54, 1.807) is 7.11 Å². The number of methoxy groups -OCH3 is 1. The second-order valence-electron chi connectivity index (χ2n) is 5.26. The Kier molecular flexibility index (Phi) is 4.09. The van der Waals surface area contributed by atoms with E-state index in [1.165, 1.54) is 12.0 Å². The number of ether oxygens (including phenoxy) is 1. The lowest BCUT2D eigenvalue weighted by molar-refractivity contribution is 0.264. The Bertz CT molecular complexity index is 406. The molecule has 1 unspecified atom stereocenters. The number of benzene rings is 1. The zero-order chi connectivity index (χ0) is 13.1. The van der Waals surface area contributed by atoms with Crippen molar-refractivity contribution in [2.45, 2.75) is 19.0 Å². The molecule has 1 saturated heterocycles. The van der Waals surface area contributed by atoms with Gasteiger partial charge in [0.15, 0.2) is 0 Å². The van der Waals surface area contributed by atoms with Gasteiger partial charge in [0, 0.05) is 37.4 Å². The number of nitrogens with two attached hydrogens (primary N) is 1. The van der Waals surface area contributed by atoms with Crippen molar-refractivity contribution in [2.24, 2.45) is 0 Å². The maximum atomic E-state index is 5.88. The van der Waals surface area contributed by atoms with Gasteiger partial charge in [-0.1, -0.05) is 0 Å². The monoisotopic (exact) mass is 249 g/mol. The molecule has 1 aliphatic heterocycles. The van der Waals surface area contributed by atoms with E-state index in [0.29, 0.717) is 6.04 Å². The molecule has 1 heterocycles. The van der Waals surface area contributed by atoms with Crippen LogP contribution in [0, 0.1) is 0 Å². The van der Waals surface area contributed by atoms with E-state index in [4.69, 9.17) is 10.5 Å². The van der Waals surface area contributed by atoms with Gasteiger partial charge in [-0.25, -0.2) is 0 Å². The highest BCUT2D eigenvalue weighted by Gasteiger charge is 2.23. The largest absolute Gasteiger partial charge is 0.497 e. The molecule has 2 rings (SSSR count). The van der Waals surface area contributed by atoms with Crippen LogP contribution in [0.25, 0.3) is 0 Å². The van der Waals surface area contributed by atoms with Gasteiger partial charge < -0.3 is 15.4 Å². The first-order chi connectivity index (χ1) is 8.58. The zero-order valence-electron chi connectivity index (χ0n) is 11.5. The van der Waals surface area contributed by atoms with E-state index in [0.717, 1.165) is 31.1 Å². The smallest absolute Gasteiger partial charge is 0.121 e. The molecule has 1 aromatic carbocycles. The van der Waals surface area contributed by atoms with Crippen molar-refractivity contribution in [1.29, 1.82) is 0 Å². The van der Waals surface area contributed by atoms with Crippen molar-refractivity contribution < 1.29 is 4.74 Å². The number of anilines is 1. The van der Waals surface area contributed by atoms with Crippen LogP contribution < -0.4 is 10.5 Å². The van der Waals surface area contributed by atoms with E-state index in [1.807, 2.05) is 12.1 Å². The van der Waals surface area contributed by atoms with Gasteiger partial charge in [0.1, 0.15) is 5.75 Å². The first kappa shape index (κ1) is 13.2. The summed E-state index contributed by atoms with van der Waals surface area (Å²) in [5.74, 6) is 0.841. The highest BCUT2D eigenvalue weighted by molar-refractivity contribution is 5.47. The summed E-state index contributed by atoms with van der Waals surface area (Å²) in [7, 11) is 5.98. The molecule has 0 radical (unpaired) electrons. The average Bonchev–Trinajstić information content (AvgIpc) is 2.76. The fraction of sp³-hybridized carbons (Fsp3) is 0.571. The second kappa shape index (κ2) is 5.59. The Hall–Kier alpha value is -1.26. The molecule has 0 aliphatic carbocycles. The molecule has 1 fully saturated rings. The van der Waals surface area contributed by atoms with E-state index in [9.17, 15) is 0 Å². The molecular formula is C14H23N3O. The highest BCUT2D eigenvalue weighted by atomic mass is 16.5. The first-order valence-electron chi connectivity index (χ1n) is 6.40. The van der Waals surface area contributed by atoms with Gasteiger partial charge in [0.05, 0.1) is 7.11 Å². The van der Waals surface area contributed by atoms with E-state index in [-0.39, 0.29) is 0 Å². The number of likely N-dealkylation sites (N-methyl/N-ethyl adjacent to an activating group) is 1. The van der Waals surface area contributed by atoms with Crippen LogP contribution in [0.2, 0.25) is 0 Å². The molecule has 0 saturated carbocycles. The minimum atomic E-state index is 0.674. The van der Waals surface area contributed by atoms with Crippen molar-refractivity contribution in [3.05, 3.63) is 23.8 Å². The molecule has 100 valence electrons. The Morgan fingerprint density at radius 3 is 2.78 bits per heavy atom. The quantitative estimate of drug-likeness (QED) is 0.819. The van der Waals surface area contributed by atoms with Gasteiger partial charge in [-0.05, 0) is 38.2 Å². The Morgan fingerprint density at radius 2 is 2.17 bits per heavy atom. The third-order valence-electron chi connectivity index (χ3n) is 3.61. The van der Waals surface area contributed by atoms with E-state index < -0.39 is 0 Å². The Morgan fingerprint density at radius 1 is 1.39 bits per heavy atom. The van der Waals surface area contributed by atoms with Crippen LogP contribution in [-0.2, 0) is 6.54 Å². The first-order valence-corrected chi connectivity index (χ1v) is 6.40. The minimum absolute atomic E-state index is 0.674. The summed E-state index contributed by atoms with van der Waals surface area (Å²) in [5.41, 5.74) is 7.88. The Labute approximate surface area is 109 Å². The molecule has 1 atom stereocenters. The molecule has 0 spiro atoms. The van der Waals surface area contributed by atoms with Crippen molar-refractivity contribution in [3.8, 4) is 5.75 Å². The molecule has 1 aromatic rings. The molecule has 18 heavy (non-hydrogen) atoms. The fourth-order valence-electron chi connectivity index (χ4n) is 2.53. The van der Waals surface area contributed by atoms with Crippen LogP contribution in [0.5, 0.6) is 5.75 Å². The molecule has 1 aliphatic rings. The molecule has 4 heteroatoms. The third kappa shape index (κ3) is 3.15. The number of nitrogens with zero attached hydrogens (tertiary/aromatic N) is 2. The van der Waals surface area contributed by atoms with Gasteiger partial charge in [-0.3, -0.25) is 4.90 Å². The predicted octanol–water partition coefficient (Wildman–Crippen LogP) is 1.41. The number of likely N-dealkylation sites (tertiary alicyclic amines) is 1. The molecule has 4 nitrogen and oxygen atoms in total. The van der Waals surface area contributed by atoms with E-state index >= 15 is 0 Å². The standard InChI is InChI=1S/C14H23N3O/c1-16(2)13-4-5-17(10-13)9-11-6-12(15)8-14(7-11)18-3/h6-8,13H,4-5,9-10,15H2,1-3H3. The van der Waals surface area contributed by atoms with Crippen LogP contribution in [0.4, 0.5) is 5.69 Å². The minimum Gasteiger partial charge on any atom is -0.497 e. The van der Waals surface area contributed by atoms with Crippen molar-refractivity contribution in [2.75, 3.05) is 40.0 Å².